The molecule has 0 aliphatic rings. The number of ether oxygens (including phenoxy) is 2. The van der Waals surface area contributed by atoms with Crippen LogP contribution in [0.25, 0.3) is 0 Å². The molecule has 250 valence electrons. The van der Waals surface area contributed by atoms with Crippen LogP contribution in [0.15, 0.2) is 47.5 Å². The molecule has 0 saturated heterocycles. The minimum Gasteiger partial charge on any atom is -0.504 e. The van der Waals surface area contributed by atoms with Crippen LogP contribution in [0.5, 0.6) is 23.0 Å². The monoisotopic (exact) mass is 625 g/mol. The van der Waals surface area contributed by atoms with Crippen molar-refractivity contribution in [2.75, 3.05) is 53.3 Å². The smallest absolute Gasteiger partial charge is 0.192 e. The van der Waals surface area contributed by atoms with Crippen molar-refractivity contribution >= 4 is 17.4 Å². The Balaban J connectivity index is 2.27. The molecule has 2 aromatic rings. The second kappa shape index (κ2) is 20.3. The normalized spacial score (nSPS) is 13.9. The van der Waals surface area contributed by atoms with Gasteiger partial charge in [0.05, 0.1) is 12.8 Å². The highest BCUT2D eigenvalue weighted by Gasteiger charge is 2.20. The summed E-state index contributed by atoms with van der Waals surface area (Å²) in [6, 6.07) is 8.88. The van der Waals surface area contributed by atoms with E-state index in [0.717, 1.165) is 43.4 Å². The van der Waals surface area contributed by atoms with Crippen LogP contribution >= 0.6 is 0 Å². The van der Waals surface area contributed by atoms with Crippen LogP contribution in [0.4, 0.5) is 5.69 Å². The van der Waals surface area contributed by atoms with E-state index in [1.807, 2.05) is 32.3 Å². The van der Waals surface area contributed by atoms with E-state index in [1.165, 1.54) is 7.11 Å². The van der Waals surface area contributed by atoms with Crippen LogP contribution in [0.2, 0.25) is 0 Å². The fraction of sp³-hybridized carbons (Fsp3) is 0.543. The summed E-state index contributed by atoms with van der Waals surface area (Å²) in [6.45, 7) is 6.57. The van der Waals surface area contributed by atoms with Crippen LogP contribution in [0.1, 0.15) is 57.1 Å². The number of aryl methyl sites for hydroxylation is 1. The molecule has 2 rings (SSSR count). The Bertz CT molecular complexity index is 1250. The number of anilines is 1. The highest BCUT2D eigenvalue weighted by atomic mass is 16.5. The zero-order valence-corrected chi connectivity index (χ0v) is 28.0. The number of methoxy groups -OCH3 is 1. The van der Waals surface area contributed by atoms with Crippen LogP contribution < -0.4 is 31.2 Å². The predicted molar refractivity (Wildman–Crippen MR) is 184 cm³/mol. The van der Waals surface area contributed by atoms with Gasteiger partial charge < -0.3 is 41.4 Å². The molecule has 10 nitrogen and oxygen atoms in total. The number of nitrogens with two attached hydrogens (primary N) is 1. The molecule has 10 heteroatoms. The Morgan fingerprint density at radius 1 is 1.02 bits per heavy atom. The van der Waals surface area contributed by atoms with Gasteiger partial charge in [0.25, 0.3) is 0 Å². The number of aromatic hydroxyl groups is 2. The number of likely N-dealkylation sites (N-methyl/N-ethyl adjacent to an activating group) is 1. The molecule has 0 aromatic heterocycles. The summed E-state index contributed by atoms with van der Waals surface area (Å²) >= 11 is 0. The van der Waals surface area contributed by atoms with Crippen LogP contribution in [0.3, 0.4) is 0 Å². The number of allylic oxidation sites excluding steroid dienone is 2. The number of guanidine groups is 1. The van der Waals surface area contributed by atoms with E-state index < -0.39 is 0 Å². The van der Waals surface area contributed by atoms with Crippen molar-refractivity contribution in [3.63, 3.8) is 0 Å². The first-order valence-corrected chi connectivity index (χ1v) is 16.0. The van der Waals surface area contributed by atoms with Gasteiger partial charge in [0, 0.05) is 20.0 Å². The molecule has 0 fully saturated rings. The highest BCUT2D eigenvalue weighted by molar-refractivity contribution is 5.94. The third-order valence-corrected chi connectivity index (χ3v) is 8.13. The number of carbonyl (C=O) groups excluding carboxylic acids is 1. The highest BCUT2D eigenvalue weighted by Crippen LogP contribution is 2.37. The lowest BCUT2D eigenvalue weighted by molar-refractivity contribution is -0.114. The topological polar surface area (TPSA) is 150 Å². The first-order chi connectivity index (χ1) is 21.6. The Labute approximate surface area is 269 Å². The average Bonchev–Trinajstić information content (AvgIpc) is 3.03. The fourth-order valence-corrected chi connectivity index (χ4v) is 5.17. The molecule has 0 aliphatic heterocycles. The Kier molecular flexibility index (Phi) is 16.9. The van der Waals surface area contributed by atoms with Crippen molar-refractivity contribution in [3.05, 3.63) is 53.6 Å². The van der Waals surface area contributed by atoms with Crippen LogP contribution in [-0.2, 0) is 17.6 Å². The third-order valence-electron chi connectivity index (χ3n) is 8.13. The Morgan fingerprint density at radius 3 is 2.44 bits per heavy atom. The summed E-state index contributed by atoms with van der Waals surface area (Å²) in [5.74, 6) is 2.06. The van der Waals surface area contributed by atoms with E-state index in [9.17, 15) is 15.0 Å². The maximum Gasteiger partial charge on any atom is 0.192 e. The van der Waals surface area contributed by atoms with Gasteiger partial charge in [-0.2, -0.15) is 0 Å². The number of phenolic OH excluding ortho intramolecular Hbond substituents is 2. The summed E-state index contributed by atoms with van der Waals surface area (Å²) in [5.41, 5.74) is 8.23. The van der Waals surface area contributed by atoms with E-state index >= 15 is 0 Å². The van der Waals surface area contributed by atoms with Gasteiger partial charge in [0.15, 0.2) is 34.7 Å². The number of nitrogens with zero attached hydrogens (tertiary/aromatic N) is 1. The minimum atomic E-state index is -0.0295. The second-order valence-electron chi connectivity index (χ2n) is 11.8. The number of aliphatic imine (C=N–C) groups is 1. The number of hydrogen-bond donors (Lipinski definition) is 6. The number of ketones is 1. The molecular weight excluding hydrogens is 570 g/mol. The molecule has 0 radical (unpaired) electrons. The number of carbonyl (C=O) groups is 1. The number of rotatable bonds is 21. The van der Waals surface area contributed by atoms with E-state index in [2.05, 4.69) is 34.8 Å². The molecule has 3 atom stereocenters. The Morgan fingerprint density at radius 2 is 1.76 bits per heavy atom. The van der Waals surface area contributed by atoms with Crippen molar-refractivity contribution < 1.29 is 24.5 Å². The SMILES string of the molecule is CN=C(N)Nc1cc(CC(C=CC(=O)CCc2ccc(O)c(OC)c2)C(C)CCCC(C)CCNC)cc(OCCNC)c1O. The molecule has 3 unspecified atom stereocenters. The summed E-state index contributed by atoms with van der Waals surface area (Å²) in [5, 5.41) is 30.0. The van der Waals surface area contributed by atoms with Crippen molar-refractivity contribution in [1.29, 1.82) is 0 Å². The molecule has 0 spiro atoms. The van der Waals surface area contributed by atoms with Gasteiger partial charge in [-0.05, 0) is 99.1 Å². The molecule has 0 aliphatic carbocycles. The average molecular weight is 626 g/mol. The summed E-state index contributed by atoms with van der Waals surface area (Å²) in [7, 11) is 6.91. The minimum absolute atomic E-state index is 0.0295. The zero-order valence-electron chi connectivity index (χ0n) is 28.0. The molecule has 2 aromatic carbocycles. The number of nitrogens with one attached hydrogen (secondary N) is 3. The molecule has 45 heavy (non-hydrogen) atoms. The molecule has 0 heterocycles. The predicted octanol–water partition coefficient (Wildman–Crippen LogP) is 5.03. The van der Waals surface area contributed by atoms with Gasteiger partial charge in [-0.3, -0.25) is 9.79 Å². The maximum atomic E-state index is 13.0. The van der Waals surface area contributed by atoms with E-state index in [4.69, 9.17) is 15.2 Å². The van der Waals surface area contributed by atoms with Crippen LogP contribution in [0, 0.1) is 17.8 Å². The molecule has 7 N–H and O–H groups in total. The van der Waals surface area contributed by atoms with Gasteiger partial charge >= 0.3 is 0 Å². The van der Waals surface area contributed by atoms with Crippen molar-refractivity contribution in [2.24, 2.45) is 28.5 Å². The first kappa shape index (κ1) is 37.4. The number of benzene rings is 2. The number of phenols is 2. The standard InChI is InChI=1S/C35H55N5O5/c1-24(16-17-37-3)8-7-9-25(2)28(12-14-29(41)13-10-26-11-15-31(42)32(22-26)44-6)20-27-21-30(40-35(36)39-5)34(43)33(23-27)45-19-18-38-4/h11-12,14-15,21-25,28,37-38,42-43H,7-10,13,16-20H2,1-6H3,(H3,36,39,40). The molecule has 0 saturated carbocycles. The van der Waals surface area contributed by atoms with Crippen molar-refractivity contribution in [1.82, 2.24) is 10.6 Å². The van der Waals surface area contributed by atoms with E-state index in [0.29, 0.717) is 61.4 Å². The lowest BCUT2D eigenvalue weighted by atomic mass is 9.83. The van der Waals surface area contributed by atoms with Crippen molar-refractivity contribution in [3.8, 4) is 23.0 Å². The quantitative estimate of drug-likeness (QED) is 0.0369. The van der Waals surface area contributed by atoms with Gasteiger partial charge in [-0.1, -0.05) is 45.3 Å². The maximum absolute atomic E-state index is 13.0. The van der Waals surface area contributed by atoms with E-state index in [1.54, 1.807) is 31.3 Å². The van der Waals surface area contributed by atoms with Gasteiger partial charge in [0.1, 0.15) is 6.61 Å². The van der Waals surface area contributed by atoms with Gasteiger partial charge in [-0.25, -0.2) is 0 Å². The summed E-state index contributed by atoms with van der Waals surface area (Å²) in [6.07, 6.45) is 9.74. The van der Waals surface area contributed by atoms with Crippen molar-refractivity contribution in [2.45, 2.75) is 58.8 Å². The van der Waals surface area contributed by atoms with Crippen LogP contribution in [-0.4, -0.2) is 69.9 Å². The summed E-state index contributed by atoms with van der Waals surface area (Å²) < 4.78 is 11.1. The second-order valence-corrected chi connectivity index (χ2v) is 11.8. The first-order valence-electron chi connectivity index (χ1n) is 16.0. The lowest BCUT2D eigenvalue weighted by Gasteiger charge is -2.23. The van der Waals surface area contributed by atoms with Gasteiger partial charge in [-0.15, -0.1) is 0 Å². The zero-order chi connectivity index (χ0) is 33.2. The Hall–Kier alpha value is -3.76. The summed E-state index contributed by atoms with van der Waals surface area (Å²) in [4.78, 5) is 17.0. The molecule has 0 amide bonds. The number of hydrogen-bond acceptors (Lipinski definition) is 8. The largest absolute Gasteiger partial charge is 0.504 e. The fourth-order valence-electron chi connectivity index (χ4n) is 5.17. The van der Waals surface area contributed by atoms with E-state index in [-0.39, 0.29) is 29.2 Å². The lowest BCUT2D eigenvalue weighted by Crippen LogP contribution is -2.22. The molecule has 0 bridgehead atoms. The molecular formula is C35H55N5O5. The third kappa shape index (κ3) is 13.4. The van der Waals surface area contributed by atoms with Gasteiger partial charge in [0.2, 0.25) is 0 Å².